The first-order valence-corrected chi connectivity index (χ1v) is 8.04. The van der Waals surface area contributed by atoms with Gasteiger partial charge in [-0.2, -0.15) is 0 Å². The van der Waals surface area contributed by atoms with E-state index >= 15 is 0 Å². The molecule has 1 N–H and O–H groups in total. The Morgan fingerprint density at radius 1 is 1.16 bits per heavy atom. The lowest BCUT2D eigenvalue weighted by Crippen LogP contribution is -2.26. The van der Waals surface area contributed by atoms with Crippen LogP contribution >= 0.6 is 0 Å². The summed E-state index contributed by atoms with van der Waals surface area (Å²) in [6, 6.07) is 12.9. The van der Waals surface area contributed by atoms with Crippen LogP contribution in [0.25, 0.3) is 10.8 Å². The van der Waals surface area contributed by atoms with Gasteiger partial charge in [-0.3, -0.25) is 0 Å². The quantitative estimate of drug-likeness (QED) is 0.932. The van der Waals surface area contributed by atoms with Crippen molar-refractivity contribution in [2.45, 2.75) is 18.2 Å². The molecule has 0 radical (unpaired) electrons. The molecule has 2 atom stereocenters. The van der Waals surface area contributed by atoms with Gasteiger partial charge < -0.3 is 0 Å². The van der Waals surface area contributed by atoms with Crippen molar-refractivity contribution in [3.63, 3.8) is 0 Å². The fourth-order valence-electron chi connectivity index (χ4n) is 2.41. The monoisotopic (exact) mass is 275 g/mol. The Bertz CT molecular complexity index is 704. The maximum absolute atomic E-state index is 12.4. The molecule has 0 heterocycles. The minimum Gasteiger partial charge on any atom is -0.211 e. The van der Waals surface area contributed by atoms with Gasteiger partial charge in [0, 0.05) is 11.9 Å². The molecule has 2 unspecified atom stereocenters. The third kappa shape index (κ3) is 2.51. The van der Waals surface area contributed by atoms with E-state index in [1.54, 1.807) is 12.1 Å². The van der Waals surface area contributed by atoms with E-state index in [-0.39, 0.29) is 0 Å². The average Bonchev–Trinajstić information content (AvgIpc) is 3.12. The highest BCUT2D eigenvalue weighted by molar-refractivity contribution is 7.89. The predicted molar refractivity (Wildman–Crippen MR) is 76.4 cm³/mol. The molecule has 19 heavy (non-hydrogen) atoms. The van der Waals surface area contributed by atoms with Crippen molar-refractivity contribution in [3.05, 3.63) is 42.5 Å². The van der Waals surface area contributed by atoms with Crippen molar-refractivity contribution < 1.29 is 8.42 Å². The van der Waals surface area contributed by atoms with Crippen molar-refractivity contribution >= 4 is 20.8 Å². The highest BCUT2D eigenvalue weighted by Crippen LogP contribution is 2.37. The number of fused-ring (bicyclic) bond motifs is 1. The minimum absolute atomic E-state index is 0.374. The molecule has 0 amide bonds. The zero-order chi connectivity index (χ0) is 13.5. The Morgan fingerprint density at radius 3 is 2.58 bits per heavy atom. The number of hydrogen-bond donors (Lipinski definition) is 1. The zero-order valence-corrected chi connectivity index (χ0v) is 11.7. The van der Waals surface area contributed by atoms with Crippen LogP contribution in [-0.4, -0.2) is 15.0 Å². The molecule has 1 saturated carbocycles. The first-order valence-electron chi connectivity index (χ1n) is 6.55. The van der Waals surface area contributed by atoms with Gasteiger partial charge in [-0.15, -0.1) is 0 Å². The van der Waals surface area contributed by atoms with Crippen LogP contribution in [0.3, 0.4) is 0 Å². The van der Waals surface area contributed by atoms with Crippen LogP contribution in [0.4, 0.5) is 0 Å². The maximum atomic E-state index is 12.4. The molecular weight excluding hydrogens is 258 g/mol. The van der Waals surface area contributed by atoms with Crippen LogP contribution in [0.2, 0.25) is 0 Å². The second kappa shape index (κ2) is 4.62. The lowest BCUT2D eigenvalue weighted by molar-refractivity contribution is 0.575. The van der Waals surface area contributed by atoms with Gasteiger partial charge in [-0.05, 0) is 29.7 Å². The molecule has 4 heteroatoms. The van der Waals surface area contributed by atoms with Crippen molar-refractivity contribution in [2.75, 3.05) is 6.54 Å². The van der Waals surface area contributed by atoms with Gasteiger partial charge in [0.2, 0.25) is 10.0 Å². The fourth-order valence-corrected chi connectivity index (χ4v) is 3.73. The molecule has 3 rings (SSSR count). The van der Waals surface area contributed by atoms with Gasteiger partial charge in [0.15, 0.2) is 0 Å². The molecule has 0 aliphatic heterocycles. The van der Waals surface area contributed by atoms with E-state index in [4.69, 9.17) is 0 Å². The minimum atomic E-state index is -3.42. The topological polar surface area (TPSA) is 46.2 Å². The molecular formula is C15H17NO2S. The van der Waals surface area contributed by atoms with E-state index in [1.807, 2.05) is 30.3 Å². The summed E-state index contributed by atoms with van der Waals surface area (Å²) < 4.78 is 27.5. The van der Waals surface area contributed by atoms with Gasteiger partial charge >= 0.3 is 0 Å². The molecule has 1 aliphatic rings. The number of rotatable bonds is 4. The maximum Gasteiger partial charge on any atom is 0.241 e. The van der Waals surface area contributed by atoms with Crippen LogP contribution in [0, 0.1) is 11.8 Å². The van der Waals surface area contributed by atoms with Crippen LogP contribution in [0.1, 0.15) is 13.3 Å². The van der Waals surface area contributed by atoms with Crippen LogP contribution in [0.15, 0.2) is 47.4 Å². The number of hydrogen-bond acceptors (Lipinski definition) is 2. The van der Waals surface area contributed by atoms with Gasteiger partial charge in [-0.1, -0.05) is 43.3 Å². The Kier molecular flexibility index (Phi) is 3.07. The summed E-state index contributed by atoms with van der Waals surface area (Å²) >= 11 is 0. The predicted octanol–water partition coefficient (Wildman–Crippen LogP) is 2.77. The average molecular weight is 275 g/mol. The van der Waals surface area contributed by atoms with E-state index in [0.717, 1.165) is 17.2 Å². The van der Waals surface area contributed by atoms with Crippen molar-refractivity contribution in [1.29, 1.82) is 0 Å². The third-order valence-electron chi connectivity index (χ3n) is 3.85. The smallest absolute Gasteiger partial charge is 0.211 e. The molecule has 0 bridgehead atoms. The summed E-state index contributed by atoms with van der Waals surface area (Å²) in [7, 11) is -3.42. The van der Waals surface area contributed by atoms with E-state index in [1.165, 1.54) is 0 Å². The molecule has 2 aromatic carbocycles. The first-order chi connectivity index (χ1) is 9.08. The van der Waals surface area contributed by atoms with E-state index in [0.29, 0.717) is 23.3 Å². The van der Waals surface area contributed by atoms with Gasteiger partial charge in [0.1, 0.15) is 0 Å². The Labute approximate surface area is 113 Å². The molecule has 1 fully saturated rings. The summed E-state index contributed by atoms with van der Waals surface area (Å²) in [5.74, 6) is 1.15. The summed E-state index contributed by atoms with van der Waals surface area (Å²) in [6.45, 7) is 2.70. The molecule has 100 valence electrons. The Morgan fingerprint density at radius 2 is 1.84 bits per heavy atom. The normalized spacial score (nSPS) is 22.6. The number of benzene rings is 2. The molecule has 1 aliphatic carbocycles. The van der Waals surface area contributed by atoms with Crippen LogP contribution in [0.5, 0.6) is 0 Å². The Balaban J connectivity index is 1.94. The highest BCUT2D eigenvalue weighted by atomic mass is 32.2. The molecule has 0 spiro atoms. The van der Waals surface area contributed by atoms with Gasteiger partial charge in [0.05, 0.1) is 4.90 Å². The fraction of sp³-hybridized carbons (Fsp3) is 0.333. The zero-order valence-electron chi connectivity index (χ0n) is 10.8. The largest absolute Gasteiger partial charge is 0.241 e. The van der Waals surface area contributed by atoms with E-state index in [2.05, 4.69) is 11.6 Å². The van der Waals surface area contributed by atoms with Crippen LogP contribution in [-0.2, 0) is 10.0 Å². The summed E-state index contributed by atoms with van der Waals surface area (Å²) in [5.41, 5.74) is 0. The highest BCUT2D eigenvalue weighted by Gasteiger charge is 2.33. The first kappa shape index (κ1) is 12.6. The van der Waals surface area contributed by atoms with E-state index in [9.17, 15) is 8.42 Å². The number of sulfonamides is 1. The lowest BCUT2D eigenvalue weighted by Gasteiger charge is -2.09. The second-order valence-electron chi connectivity index (χ2n) is 5.30. The summed E-state index contributed by atoms with van der Waals surface area (Å²) in [6.07, 6.45) is 1.12. The molecule has 0 saturated heterocycles. The molecule has 3 nitrogen and oxygen atoms in total. The second-order valence-corrected chi connectivity index (χ2v) is 7.04. The lowest BCUT2D eigenvalue weighted by atomic mass is 10.1. The number of nitrogens with one attached hydrogen (secondary N) is 1. The third-order valence-corrected chi connectivity index (χ3v) is 5.33. The van der Waals surface area contributed by atoms with Gasteiger partial charge in [-0.25, -0.2) is 13.1 Å². The molecule has 0 aromatic heterocycles. The van der Waals surface area contributed by atoms with Gasteiger partial charge in [0.25, 0.3) is 0 Å². The molecule has 2 aromatic rings. The van der Waals surface area contributed by atoms with Crippen molar-refractivity contribution in [3.8, 4) is 0 Å². The SMILES string of the molecule is CC1CC1CNS(=O)(=O)c1cccc2ccccc12. The van der Waals surface area contributed by atoms with Crippen LogP contribution < -0.4 is 4.72 Å². The standard InChI is InChI=1S/C15H17NO2S/c1-11-9-13(11)10-16-19(17,18)15-8-4-6-12-5-2-3-7-14(12)15/h2-8,11,13,16H,9-10H2,1H3. The van der Waals surface area contributed by atoms with E-state index < -0.39 is 10.0 Å². The summed E-state index contributed by atoms with van der Waals surface area (Å²) in [5, 5.41) is 1.73. The van der Waals surface area contributed by atoms with Crippen molar-refractivity contribution in [1.82, 2.24) is 4.72 Å². The Hall–Kier alpha value is -1.39. The van der Waals surface area contributed by atoms with Crippen molar-refractivity contribution in [2.24, 2.45) is 11.8 Å². The summed E-state index contributed by atoms with van der Waals surface area (Å²) in [4.78, 5) is 0.374.